The van der Waals surface area contributed by atoms with Gasteiger partial charge in [-0.3, -0.25) is 4.79 Å². The van der Waals surface area contributed by atoms with Crippen molar-refractivity contribution < 1.29 is 9.53 Å². The third-order valence-corrected chi connectivity index (χ3v) is 4.46. The number of carbonyl (C=O) groups is 1. The van der Waals surface area contributed by atoms with Gasteiger partial charge in [0.2, 0.25) is 0 Å². The number of amides is 1. The fraction of sp³-hybridized carbons (Fsp3) is 0.312. The summed E-state index contributed by atoms with van der Waals surface area (Å²) in [6, 6.07) is 7.51. The minimum atomic E-state index is -0.0321. The highest BCUT2D eigenvalue weighted by Gasteiger charge is 2.27. The van der Waals surface area contributed by atoms with Crippen molar-refractivity contribution in [1.82, 2.24) is 4.90 Å². The fourth-order valence-electron chi connectivity index (χ4n) is 2.53. The molecular weight excluding hydrogens is 284 g/mol. The quantitative estimate of drug-likeness (QED) is 0.868. The molecule has 1 aliphatic heterocycles. The molecule has 0 bridgehead atoms. The van der Waals surface area contributed by atoms with Crippen molar-refractivity contribution in [3.05, 3.63) is 51.7 Å². The number of aryl methyl sites for hydroxylation is 1. The van der Waals surface area contributed by atoms with Crippen LogP contribution < -0.4 is 5.73 Å². The lowest BCUT2D eigenvalue weighted by Crippen LogP contribution is -2.42. The molecular formula is C16H18N2O2S. The Kier molecular flexibility index (Phi) is 3.94. The Morgan fingerprint density at radius 1 is 1.43 bits per heavy atom. The number of thiophene rings is 1. The number of rotatable bonds is 2. The maximum atomic E-state index is 12.7. The van der Waals surface area contributed by atoms with E-state index in [1.807, 2.05) is 29.3 Å². The maximum Gasteiger partial charge on any atom is 0.254 e. The first-order valence-electron chi connectivity index (χ1n) is 6.94. The van der Waals surface area contributed by atoms with Crippen LogP contribution in [0.15, 0.2) is 35.0 Å². The number of nitrogen functional groups attached to an aromatic ring is 1. The molecule has 1 amide bonds. The van der Waals surface area contributed by atoms with Gasteiger partial charge in [-0.2, -0.15) is 11.3 Å². The van der Waals surface area contributed by atoms with Gasteiger partial charge in [0.1, 0.15) is 6.10 Å². The lowest BCUT2D eigenvalue weighted by molar-refractivity contribution is -0.0226. The van der Waals surface area contributed by atoms with Gasteiger partial charge in [0.25, 0.3) is 5.91 Å². The minimum Gasteiger partial charge on any atom is -0.399 e. The Morgan fingerprint density at radius 3 is 3.05 bits per heavy atom. The van der Waals surface area contributed by atoms with E-state index in [1.54, 1.807) is 17.4 Å². The predicted octanol–water partition coefficient (Wildman–Crippen LogP) is 2.85. The zero-order valence-electron chi connectivity index (χ0n) is 11.9. The number of nitrogens with two attached hydrogens (primary N) is 1. The third-order valence-electron chi connectivity index (χ3n) is 3.76. The summed E-state index contributed by atoms with van der Waals surface area (Å²) in [6.07, 6.45) is -0.0321. The first kappa shape index (κ1) is 14.1. The van der Waals surface area contributed by atoms with E-state index in [1.165, 1.54) is 0 Å². The Morgan fingerprint density at radius 2 is 2.29 bits per heavy atom. The van der Waals surface area contributed by atoms with Crippen LogP contribution in [0.25, 0.3) is 0 Å². The van der Waals surface area contributed by atoms with Crippen LogP contribution in [0.2, 0.25) is 0 Å². The van der Waals surface area contributed by atoms with E-state index in [9.17, 15) is 4.79 Å². The van der Waals surface area contributed by atoms with Crippen LogP contribution in [0.3, 0.4) is 0 Å². The fourth-order valence-corrected chi connectivity index (χ4v) is 3.24. The highest BCUT2D eigenvalue weighted by molar-refractivity contribution is 7.07. The second-order valence-corrected chi connectivity index (χ2v) is 6.02. The van der Waals surface area contributed by atoms with Crippen LogP contribution >= 0.6 is 11.3 Å². The van der Waals surface area contributed by atoms with Crippen molar-refractivity contribution in [2.45, 2.75) is 13.0 Å². The monoisotopic (exact) mass is 302 g/mol. The molecule has 0 radical (unpaired) electrons. The normalized spacial score (nSPS) is 18.7. The molecule has 2 heterocycles. The summed E-state index contributed by atoms with van der Waals surface area (Å²) in [5, 5.41) is 4.10. The average Bonchev–Trinajstić information content (AvgIpc) is 3.03. The summed E-state index contributed by atoms with van der Waals surface area (Å²) in [7, 11) is 0. The molecule has 3 rings (SSSR count). The largest absolute Gasteiger partial charge is 0.399 e. The highest BCUT2D eigenvalue weighted by Crippen LogP contribution is 2.25. The molecule has 0 aliphatic carbocycles. The second kappa shape index (κ2) is 5.87. The number of carbonyl (C=O) groups excluding carboxylic acids is 1. The Balaban J connectivity index is 1.79. The maximum absolute atomic E-state index is 12.7. The molecule has 4 nitrogen and oxygen atoms in total. The van der Waals surface area contributed by atoms with Crippen LogP contribution in [0.5, 0.6) is 0 Å². The third kappa shape index (κ3) is 2.94. The summed E-state index contributed by atoms with van der Waals surface area (Å²) < 4.78 is 5.78. The number of hydrogen-bond donors (Lipinski definition) is 1. The Hall–Kier alpha value is -1.85. The lowest BCUT2D eigenvalue weighted by atomic mass is 10.1. The minimum absolute atomic E-state index is 0.0309. The molecule has 21 heavy (non-hydrogen) atoms. The van der Waals surface area contributed by atoms with Gasteiger partial charge in [-0.25, -0.2) is 0 Å². The van der Waals surface area contributed by atoms with Gasteiger partial charge in [-0.05, 0) is 47.0 Å². The number of nitrogens with zero attached hydrogens (tertiary/aromatic N) is 1. The number of benzene rings is 1. The summed E-state index contributed by atoms with van der Waals surface area (Å²) in [5.41, 5.74) is 9.20. The summed E-state index contributed by atoms with van der Waals surface area (Å²) in [4.78, 5) is 14.6. The number of morpholine rings is 1. The van der Waals surface area contributed by atoms with Gasteiger partial charge in [0.05, 0.1) is 13.2 Å². The molecule has 1 aromatic heterocycles. The van der Waals surface area contributed by atoms with Crippen molar-refractivity contribution in [2.24, 2.45) is 0 Å². The SMILES string of the molecule is Cc1ccc(N)cc1C(=O)N1CCOC(c2ccsc2)C1. The van der Waals surface area contributed by atoms with E-state index in [-0.39, 0.29) is 12.0 Å². The summed E-state index contributed by atoms with van der Waals surface area (Å²) in [6.45, 7) is 3.70. The number of hydrogen-bond acceptors (Lipinski definition) is 4. The number of anilines is 1. The van der Waals surface area contributed by atoms with Crippen LogP contribution in [0.1, 0.15) is 27.6 Å². The van der Waals surface area contributed by atoms with Crippen LogP contribution in [-0.4, -0.2) is 30.5 Å². The van der Waals surface area contributed by atoms with Gasteiger partial charge in [0, 0.05) is 17.8 Å². The topological polar surface area (TPSA) is 55.6 Å². The predicted molar refractivity (Wildman–Crippen MR) is 84.5 cm³/mol. The van der Waals surface area contributed by atoms with Crippen LogP contribution in [0.4, 0.5) is 5.69 Å². The van der Waals surface area contributed by atoms with E-state index in [0.29, 0.717) is 30.9 Å². The van der Waals surface area contributed by atoms with Crippen molar-refractivity contribution >= 4 is 22.9 Å². The molecule has 1 atom stereocenters. The van der Waals surface area contributed by atoms with Gasteiger partial charge >= 0.3 is 0 Å². The van der Waals surface area contributed by atoms with Gasteiger partial charge < -0.3 is 15.4 Å². The molecule has 2 N–H and O–H groups in total. The Labute approximate surface area is 128 Å². The smallest absolute Gasteiger partial charge is 0.254 e. The molecule has 1 saturated heterocycles. The van der Waals surface area contributed by atoms with E-state index >= 15 is 0 Å². The van der Waals surface area contributed by atoms with E-state index in [2.05, 4.69) is 11.4 Å². The Bertz CT molecular complexity index is 640. The molecule has 2 aromatic rings. The molecule has 0 spiro atoms. The average molecular weight is 302 g/mol. The van der Waals surface area contributed by atoms with Gasteiger partial charge in [0.15, 0.2) is 0 Å². The summed E-state index contributed by atoms with van der Waals surface area (Å²) >= 11 is 1.64. The zero-order valence-corrected chi connectivity index (χ0v) is 12.7. The second-order valence-electron chi connectivity index (χ2n) is 5.24. The van der Waals surface area contributed by atoms with Crippen molar-refractivity contribution in [3.63, 3.8) is 0 Å². The first-order chi connectivity index (χ1) is 10.1. The highest BCUT2D eigenvalue weighted by atomic mass is 32.1. The van der Waals surface area contributed by atoms with E-state index in [4.69, 9.17) is 10.5 Å². The molecule has 0 saturated carbocycles. The standard InChI is InChI=1S/C16H18N2O2S/c1-11-2-3-13(17)8-14(11)16(19)18-5-6-20-15(9-18)12-4-7-21-10-12/h2-4,7-8,10,15H,5-6,9,17H2,1H3. The van der Waals surface area contributed by atoms with Crippen LogP contribution in [-0.2, 0) is 4.74 Å². The molecule has 1 fully saturated rings. The number of ether oxygens (including phenoxy) is 1. The molecule has 110 valence electrons. The lowest BCUT2D eigenvalue weighted by Gasteiger charge is -2.33. The molecule has 1 aromatic carbocycles. The molecule has 1 aliphatic rings. The van der Waals surface area contributed by atoms with Crippen molar-refractivity contribution in [1.29, 1.82) is 0 Å². The van der Waals surface area contributed by atoms with E-state index < -0.39 is 0 Å². The molecule has 5 heteroatoms. The van der Waals surface area contributed by atoms with Gasteiger partial charge in [-0.15, -0.1) is 0 Å². The summed E-state index contributed by atoms with van der Waals surface area (Å²) in [5.74, 6) is 0.0309. The first-order valence-corrected chi connectivity index (χ1v) is 7.88. The van der Waals surface area contributed by atoms with Crippen LogP contribution in [0, 0.1) is 6.92 Å². The van der Waals surface area contributed by atoms with Gasteiger partial charge in [-0.1, -0.05) is 6.07 Å². The zero-order chi connectivity index (χ0) is 14.8. The van der Waals surface area contributed by atoms with E-state index in [0.717, 1.165) is 11.1 Å². The van der Waals surface area contributed by atoms with Crippen molar-refractivity contribution in [3.8, 4) is 0 Å². The molecule has 1 unspecified atom stereocenters. The van der Waals surface area contributed by atoms with Crippen molar-refractivity contribution in [2.75, 3.05) is 25.4 Å².